The summed E-state index contributed by atoms with van der Waals surface area (Å²) in [4.78, 5) is 29.3. The fraction of sp³-hybridized carbons (Fsp3) is 0.500. The third-order valence-corrected chi connectivity index (χ3v) is 5.08. The summed E-state index contributed by atoms with van der Waals surface area (Å²) in [5, 5.41) is 4.24. The number of benzene rings is 1. The second kappa shape index (κ2) is 7.83. The number of carbonyl (C=O) groups is 1. The van der Waals surface area contributed by atoms with E-state index in [1.165, 1.54) is 11.8 Å². The first-order valence-electron chi connectivity index (χ1n) is 8.61. The van der Waals surface area contributed by atoms with Crippen molar-refractivity contribution < 1.29 is 4.79 Å². The smallest absolute Gasteiger partial charge is 0.262 e. The van der Waals surface area contributed by atoms with Crippen molar-refractivity contribution in [2.24, 2.45) is 0 Å². The normalized spacial score (nSPS) is 14.0. The van der Waals surface area contributed by atoms with E-state index in [1.807, 2.05) is 24.3 Å². The molecule has 1 aromatic heterocycles. The van der Waals surface area contributed by atoms with Crippen molar-refractivity contribution in [2.75, 3.05) is 12.3 Å². The van der Waals surface area contributed by atoms with Crippen LogP contribution in [-0.4, -0.2) is 27.8 Å². The predicted molar refractivity (Wildman–Crippen MR) is 97.5 cm³/mol. The Kier molecular flexibility index (Phi) is 5.56. The van der Waals surface area contributed by atoms with E-state index in [0.29, 0.717) is 28.4 Å². The third kappa shape index (κ3) is 3.98. The molecule has 1 fully saturated rings. The topological polar surface area (TPSA) is 64.0 Å². The summed E-state index contributed by atoms with van der Waals surface area (Å²) in [6.45, 7) is 2.86. The maximum absolute atomic E-state index is 12.7. The Bertz CT molecular complexity index is 783. The zero-order valence-electron chi connectivity index (χ0n) is 14.0. The molecule has 1 saturated carbocycles. The summed E-state index contributed by atoms with van der Waals surface area (Å²) >= 11 is 1.36. The van der Waals surface area contributed by atoms with E-state index in [4.69, 9.17) is 0 Å². The van der Waals surface area contributed by atoms with Gasteiger partial charge in [-0.3, -0.25) is 14.2 Å². The van der Waals surface area contributed by atoms with Crippen molar-refractivity contribution in [3.05, 3.63) is 34.6 Å². The minimum Gasteiger partial charge on any atom is -0.355 e. The Labute approximate surface area is 145 Å². The Hall–Kier alpha value is -1.82. The number of rotatable bonds is 8. The van der Waals surface area contributed by atoms with Crippen LogP contribution in [0.1, 0.15) is 45.1 Å². The Morgan fingerprint density at radius 1 is 1.33 bits per heavy atom. The average molecular weight is 345 g/mol. The van der Waals surface area contributed by atoms with Gasteiger partial charge in [-0.1, -0.05) is 43.7 Å². The molecule has 0 bridgehead atoms. The molecule has 1 aromatic carbocycles. The largest absolute Gasteiger partial charge is 0.355 e. The lowest BCUT2D eigenvalue weighted by molar-refractivity contribution is -0.118. The fourth-order valence-corrected chi connectivity index (χ4v) is 3.56. The molecule has 0 aliphatic heterocycles. The van der Waals surface area contributed by atoms with Gasteiger partial charge in [0.2, 0.25) is 5.91 Å². The predicted octanol–water partition coefficient (Wildman–Crippen LogP) is 3.13. The van der Waals surface area contributed by atoms with Crippen LogP contribution in [-0.2, 0) is 4.79 Å². The van der Waals surface area contributed by atoms with Gasteiger partial charge in [0.25, 0.3) is 5.56 Å². The van der Waals surface area contributed by atoms with Gasteiger partial charge >= 0.3 is 0 Å². The zero-order valence-corrected chi connectivity index (χ0v) is 14.8. The van der Waals surface area contributed by atoms with Crippen molar-refractivity contribution in [3.8, 4) is 0 Å². The SMILES string of the molecule is CCCCCNC(=O)CSc1nc2ccccc2c(=O)n1C1CC1. The Balaban J connectivity index is 1.73. The van der Waals surface area contributed by atoms with Gasteiger partial charge in [0, 0.05) is 12.6 Å². The Morgan fingerprint density at radius 2 is 2.12 bits per heavy atom. The second-order valence-corrected chi connectivity index (χ2v) is 7.11. The number of para-hydroxylation sites is 1. The molecule has 24 heavy (non-hydrogen) atoms. The van der Waals surface area contributed by atoms with E-state index in [-0.39, 0.29) is 17.5 Å². The van der Waals surface area contributed by atoms with Crippen LogP contribution in [0.5, 0.6) is 0 Å². The maximum atomic E-state index is 12.7. The Morgan fingerprint density at radius 3 is 2.88 bits per heavy atom. The molecule has 128 valence electrons. The summed E-state index contributed by atoms with van der Waals surface area (Å²) < 4.78 is 1.78. The van der Waals surface area contributed by atoms with Crippen LogP contribution in [0.4, 0.5) is 0 Å². The number of hydrogen-bond acceptors (Lipinski definition) is 4. The van der Waals surface area contributed by atoms with Crippen LogP contribution in [0.25, 0.3) is 10.9 Å². The van der Waals surface area contributed by atoms with E-state index in [9.17, 15) is 9.59 Å². The van der Waals surface area contributed by atoms with Gasteiger partial charge < -0.3 is 5.32 Å². The fourth-order valence-electron chi connectivity index (χ4n) is 2.67. The van der Waals surface area contributed by atoms with E-state index < -0.39 is 0 Å². The lowest BCUT2D eigenvalue weighted by atomic mass is 10.2. The highest BCUT2D eigenvalue weighted by Crippen LogP contribution is 2.36. The molecule has 1 heterocycles. The standard InChI is InChI=1S/C18H23N3O2S/c1-2-3-6-11-19-16(22)12-24-18-20-15-8-5-4-7-14(15)17(23)21(18)13-9-10-13/h4-5,7-8,13H,2-3,6,9-12H2,1H3,(H,19,22). The monoisotopic (exact) mass is 345 g/mol. The molecule has 0 spiro atoms. The highest BCUT2D eigenvalue weighted by molar-refractivity contribution is 7.99. The number of unbranched alkanes of at least 4 members (excludes halogenated alkanes) is 2. The number of amides is 1. The first-order chi connectivity index (χ1) is 11.7. The summed E-state index contributed by atoms with van der Waals surface area (Å²) in [6.07, 6.45) is 5.29. The maximum Gasteiger partial charge on any atom is 0.262 e. The third-order valence-electron chi connectivity index (χ3n) is 4.12. The van der Waals surface area contributed by atoms with Gasteiger partial charge in [0.15, 0.2) is 5.16 Å². The van der Waals surface area contributed by atoms with Gasteiger partial charge in [0.05, 0.1) is 16.7 Å². The van der Waals surface area contributed by atoms with Crippen LogP contribution in [0.3, 0.4) is 0 Å². The van der Waals surface area contributed by atoms with Crippen molar-refractivity contribution in [3.63, 3.8) is 0 Å². The van der Waals surface area contributed by atoms with Crippen LogP contribution >= 0.6 is 11.8 Å². The number of aromatic nitrogens is 2. The number of hydrogen-bond donors (Lipinski definition) is 1. The average Bonchev–Trinajstić information content (AvgIpc) is 3.42. The molecular formula is C18H23N3O2S. The molecule has 1 aliphatic carbocycles. The van der Waals surface area contributed by atoms with Crippen LogP contribution in [0, 0.1) is 0 Å². The van der Waals surface area contributed by atoms with Gasteiger partial charge in [-0.2, -0.15) is 0 Å². The summed E-state index contributed by atoms with van der Waals surface area (Å²) in [6, 6.07) is 7.65. The van der Waals surface area contributed by atoms with Crippen molar-refractivity contribution in [2.45, 2.75) is 50.2 Å². The van der Waals surface area contributed by atoms with E-state index in [2.05, 4.69) is 17.2 Å². The van der Waals surface area contributed by atoms with Crippen LogP contribution in [0.2, 0.25) is 0 Å². The van der Waals surface area contributed by atoms with Gasteiger partial charge in [-0.15, -0.1) is 0 Å². The molecule has 5 nitrogen and oxygen atoms in total. The molecule has 1 N–H and O–H groups in total. The second-order valence-electron chi connectivity index (χ2n) is 6.16. The molecule has 1 amide bonds. The van der Waals surface area contributed by atoms with Gasteiger partial charge in [-0.25, -0.2) is 4.98 Å². The summed E-state index contributed by atoms with van der Waals surface area (Å²) in [5.74, 6) is 0.296. The lowest BCUT2D eigenvalue weighted by Gasteiger charge is -2.12. The number of nitrogens with one attached hydrogen (secondary N) is 1. The first-order valence-corrected chi connectivity index (χ1v) is 9.60. The molecule has 2 aromatic rings. The minimum absolute atomic E-state index is 0.000794. The molecule has 0 unspecified atom stereocenters. The van der Waals surface area contributed by atoms with E-state index >= 15 is 0 Å². The summed E-state index contributed by atoms with van der Waals surface area (Å²) in [5.41, 5.74) is 0.708. The number of nitrogens with zero attached hydrogens (tertiary/aromatic N) is 2. The molecule has 3 rings (SSSR count). The number of carbonyl (C=O) groups excluding carboxylic acids is 1. The molecule has 0 radical (unpaired) electrons. The van der Waals surface area contributed by atoms with Crippen molar-refractivity contribution in [1.82, 2.24) is 14.9 Å². The molecular weight excluding hydrogens is 322 g/mol. The number of fused-ring (bicyclic) bond motifs is 1. The quantitative estimate of drug-likeness (QED) is 0.453. The molecule has 6 heteroatoms. The van der Waals surface area contributed by atoms with Crippen LogP contribution < -0.4 is 10.9 Å². The van der Waals surface area contributed by atoms with Crippen LogP contribution in [0.15, 0.2) is 34.2 Å². The lowest BCUT2D eigenvalue weighted by Crippen LogP contribution is -2.27. The van der Waals surface area contributed by atoms with E-state index in [1.54, 1.807) is 4.57 Å². The van der Waals surface area contributed by atoms with Gasteiger partial charge in [0.1, 0.15) is 0 Å². The van der Waals surface area contributed by atoms with Gasteiger partial charge in [-0.05, 0) is 31.4 Å². The van der Waals surface area contributed by atoms with Crippen molar-refractivity contribution in [1.29, 1.82) is 0 Å². The summed E-state index contributed by atoms with van der Waals surface area (Å²) in [7, 11) is 0. The minimum atomic E-state index is 0.000794. The van der Waals surface area contributed by atoms with Crippen molar-refractivity contribution >= 4 is 28.6 Å². The first kappa shape index (κ1) is 17.0. The van der Waals surface area contributed by atoms with E-state index in [0.717, 1.165) is 32.1 Å². The zero-order chi connectivity index (χ0) is 16.9. The molecule has 0 atom stereocenters. The number of thioether (sulfide) groups is 1. The highest BCUT2D eigenvalue weighted by atomic mass is 32.2. The molecule has 1 aliphatic rings. The molecule has 0 saturated heterocycles. The highest BCUT2D eigenvalue weighted by Gasteiger charge is 2.28.